The molecule has 1 atom stereocenters. The number of nitrogens with zero attached hydrogens (tertiary/aromatic N) is 3. The fourth-order valence-electron chi connectivity index (χ4n) is 5.38. The second-order valence-corrected chi connectivity index (χ2v) is 13.8. The number of hydrogen-bond donors (Lipinski definition) is 1. The molecule has 14 heteroatoms. The Morgan fingerprint density at radius 1 is 0.959 bits per heavy atom. The second-order valence-electron chi connectivity index (χ2n) is 10.6. The molecule has 1 saturated heterocycles. The van der Waals surface area contributed by atoms with Gasteiger partial charge in [-0.1, -0.05) is 63.9 Å². The number of nitrogens with one attached hydrogen (secondary N) is 1. The number of methoxy groups -OCH3 is 3. The maximum Gasteiger partial charge on any atom is 0.281 e. The summed E-state index contributed by atoms with van der Waals surface area (Å²) in [7, 11) is 4.50. The number of carbonyl (C=O) groups is 2. The molecule has 0 spiro atoms. The number of carbonyl (C=O) groups excluding carboxylic acids is 2. The summed E-state index contributed by atoms with van der Waals surface area (Å²) >= 11 is 14.9. The lowest BCUT2D eigenvalue weighted by Gasteiger charge is -2.29. The molecule has 0 aliphatic carbocycles. The Hall–Kier alpha value is -4.30. The van der Waals surface area contributed by atoms with Crippen molar-refractivity contribution in [3.63, 3.8) is 0 Å². The second kappa shape index (κ2) is 14.7. The number of aromatic nitrogens is 2. The molecule has 49 heavy (non-hydrogen) atoms. The zero-order valence-corrected chi connectivity index (χ0v) is 30.9. The third-order valence-corrected chi connectivity index (χ3v) is 10.2. The summed E-state index contributed by atoms with van der Waals surface area (Å²) in [6.45, 7) is 0. The fraction of sp³-hybridized carbons (Fsp3) is 0.143. The van der Waals surface area contributed by atoms with Crippen LogP contribution in [0.4, 0.5) is 0 Å². The Balaban J connectivity index is 1.65. The van der Waals surface area contributed by atoms with Crippen LogP contribution in [0.1, 0.15) is 32.7 Å². The maximum atomic E-state index is 14.7. The van der Waals surface area contributed by atoms with Gasteiger partial charge in [0, 0.05) is 19.5 Å². The molecular weight excluding hydrogens is 800 g/mol. The number of benzene rings is 4. The minimum atomic E-state index is -0.737. The largest absolute Gasteiger partial charge is 0.493 e. The Bertz CT molecular complexity index is 2170. The Morgan fingerprint density at radius 3 is 2.29 bits per heavy atom. The molecule has 2 amide bonds. The van der Waals surface area contributed by atoms with Crippen molar-refractivity contribution < 1.29 is 23.8 Å². The number of halogens is 3. The lowest BCUT2D eigenvalue weighted by atomic mass is 10.1. The van der Waals surface area contributed by atoms with Gasteiger partial charge in [0.1, 0.15) is 5.37 Å². The summed E-state index contributed by atoms with van der Waals surface area (Å²) in [4.78, 5) is 47.3. The van der Waals surface area contributed by atoms with Crippen molar-refractivity contribution in [3.05, 3.63) is 126 Å². The molecule has 4 aromatic carbocycles. The zero-order chi connectivity index (χ0) is 34.8. The third-order valence-electron chi connectivity index (χ3n) is 7.63. The van der Waals surface area contributed by atoms with Gasteiger partial charge in [-0.3, -0.25) is 14.4 Å². The van der Waals surface area contributed by atoms with E-state index in [1.54, 1.807) is 84.9 Å². The SMILES string of the molecule is COc1cc(C2SCC(=O)N2n2c(/C(=C/c3ccccc3Cl)NC(=O)c3ccccc3)nc3c(Br)cc(Br)cc3c2=O)cc(OC)c1OC. The van der Waals surface area contributed by atoms with Gasteiger partial charge in [0.2, 0.25) is 5.75 Å². The van der Waals surface area contributed by atoms with E-state index >= 15 is 0 Å². The number of amides is 2. The minimum Gasteiger partial charge on any atom is -0.493 e. The summed E-state index contributed by atoms with van der Waals surface area (Å²) in [6, 6.07) is 22.5. The zero-order valence-electron chi connectivity index (χ0n) is 26.2. The summed E-state index contributed by atoms with van der Waals surface area (Å²) in [6.07, 6.45) is 1.63. The van der Waals surface area contributed by atoms with E-state index < -0.39 is 16.8 Å². The van der Waals surface area contributed by atoms with Crippen molar-refractivity contribution in [1.29, 1.82) is 0 Å². The minimum absolute atomic E-state index is 0.00184. The van der Waals surface area contributed by atoms with Crippen molar-refractivity contribution in [2.24, 2.45) is 0 Å². The Labute approximate surface area is 307 Å². The van der Waals surface area contributed by atoms with Crippen molar-refractivity contribution in [2.75, 3.05) is 32.1 Å². The van der Waals surface area contributed by atoms with E-state index in [1.165, 1.54) is 42.8 Å². The van der Waals surface area contributed by atoms with Gasteiger partial charge in [-0.2, -0.15) is 4.68 Å². The van der Waals surface area contributed by atoms with Crippen molar-refractivity contribution in [1.82, 2.24) is 15.0 Å². The Morgan fingerprint density at radius 2 is 1.63 bits per heavy atom. The van der Waals surface area contributed by atoms with Gasteiger partial charge in [-0.05, 0) is 75.6 Å². The molecule has 1 N–H and O–H groups in total. The van der Waals surface area contributed by atoms with E-state index in [-0.39, 0.29) is 28.6 Å². The number of thioether (sulfide) groups is 1. The topological polar surface area (TPSA) is 112 Å². The molecule has 0 bridgehead atoms. The number of ether oxygens (including phenoxy) is 3. The molecule has 250 valence electrons. The van der Waals surface area contributed by atoms with E-state index in [4.69, 9.17) is 30.8 Å². The maximum absolute atomic E-state index is 14.7. The molecule has 0 saturated carbocycles. The molecule has 1 aromatic heterocycles. The van der Waals surface area contributed by atoms with Gasteiger partial charge < -0.3 is 19.5 Å². The smallest absolute Gasteiger partial charge is 0.281 e. The van der Waals surface area contributed by atoms with Crippen LogP contribution >= 0.6 is 55.2 Å². The molecule has 2 heterocycles. The molecule has 5 aromatic rings. The van der Waals surface area contributed by atoms with Crippen molar-refractivity contribution in [2.45, 2.75) is 5.37 Å². The fourth-order valence-corrected chi connectivity index (χ4v) is 8.00. The van der Waals surface area contributed by atoms with Crippen LogP contribution in [0.25, 0.3) is 22.7 Å². The van der Waals surface area contributed by atoms with Crippen LogP contribution < -0.4 is 30.1 Å². The highest BCUT2D eigenvalue weighted by Gasteiger charge is 2.39. The lowest BCUT2D eigenvalue weighted by Crippen LogP contribution is -2.47. The first-order valence-electron chi connectivity index (χ1n) is 14.6. The van der Waals surface area contributed by atoms with Crippen LogP contribution in [-0.2, 0) is 4.79 Å². The lowest BCUT2D eigenvalue weighted by molar-refractivity contribution is -0.117. The van der Waals surface area contributed by atoms with Gasteiger partial charge in [0.15, 0.2) is 17.3 Å². The van der Waals surface area contributed by atoms with Crippen molar-refractivity contribution >= 4 is 89.7 Å². The first kappa shape index (κ1) is 34.6. The number of rotatable bonds is 9. The highest BCUT2D eigenvalue weighted by molar-refractivity contribution is 9.11. The van der Waals surface area contributed by atoms with Crippen LogP contribution in [0.5, 0.6) is 17.2 Å². The first-order chi connectivity index (χ1) is 23.6. The van der Waals surface area contributed by atoms with Crippen LogP contribution in [0.15, 0.2) is 92.6 Å². The highest BCUT2D eigenvalue weighted by Crippen LogP contribution is 2.45. The number of hydrogen-bond acceptors (Lipinski definition) is 8. The third kappa shape index (κ3) is 6.80. The number of fused-ring (bicyclic) bond motifs is 1. The molecule has 1 aliphatic heterocycles. The molecule has 1 aliphatic rings. The molecule has 1 fully saturated rings. The summed E-state index contributed by atoms with van der Waals surface area (Å²) in [5.41, 5.74) is 1.42. The van der Waals surface area contributed by atoms with Gasteiger partial charge >= 0.3 is 0 Å². The monoisotopic (exact) mass is 824 g/mol. The van der Waals surface area contributed by atoms with Crippen LogP contribution in [0.2, 0.25) is 5.02 Å². The normalized spacial score (nSPS) is 14.7. The van der Waals surface area contributed by atoms with Gasteiger partial charge in [0.25, 0.3) is 17.4 Å². The molecule has 0 radical (unpaired) electrons. The molecule has 1 unspecified atom stereocenters. The van der Waals surface area contributed by atoms with Crippen LogP contribution in [0.3, 0.4) is 0 Å². The van der Waals surface area contributed by atoms with Crippen LogP contribution in [-0.4, -0.2) is 48.6 Å². The average molecular weight is 827 g/mol. The van der Waals surface area contributed by atoms with E-state index in [9.17, 15) is 14.4 Å². The van der Waals surface area contributed by atoms with E-state index in [0.29, 0.717) is 53.4 Å². The van der Waals surface area contributed by atoms with E-state index in [2.05, 4.69) is 37.2 Å². The van der Waals surface area contributed by atoms with Gasteiger partial charge in [-0.25, -0.2) is 9.99 Å². The quantitative estimate of drug-likeness (QED) is 0.163. The summed E-state index contributed by atoms with van der Waals surface area (Å²) in [5, 5.41) is 4.18. The standard InChI is InChI=1S/C35H27Br2ClN4O6S/c1-46-27-14-21(15-28(47-2)31(27)48-3)35-41(29(43)18-49-35)42-32(40-30-23(34(42)45)16-22(36)17-24(30)37)26(13-20-11-7-8-12-25(20)38)39-33(44)19-9-5-4-6-10-19/h4-17,35H,18H2,1-3H3,(H,39,44)/b26-13-. The summed E-state index contributed by atoms with van der Waals surface area (Å²) < 4.78 is 19.1. The van der Waals surface area contributed by atoms with Crippen molar-refractivity contribution in [3.8, 4) is 17.2 Å². The van der Waals surface area contributed by atoms with Gasteiger partial charge in [0.05, 0.1) is 43.7 Å². The van der Waals surface area contributed by atoms with E-state index in [0.717, 1.165) is 0 Å². The van der Waals surface area contributed by atoms with Gasteiger partial charge in [-0.15, -0.1) is 11.8 Å². The predicted molar refractivity (Wildman–Crippen MR) is 199 cm³/mol. The average Bonchev–Trinajstić information content (AvgIpc) is 3.49. The summed E-state index contributed by atoms with van der Waals surface area (Å²) in [5.74, 6) is 0.354. The molecule has 10 nitrogen and oxygen atoms in total. The molecular formula is C35H27Br2ClN4O6S. The van der Waals surface area contributed by atoms with E-state index in [1.807, 2.05) is 0 Å². The van der Waals surface area contributed by atoms with Crippen LogP contribution in [0, 0.1) is 0 Å². The predicted octanol–water partition coefficient (Wildman–Crippen LogP) is 7.44. The first-order valence-corrected chi connectivity index (χ1v) is 17.6. The molecule has 6 rings (SSSR count). The Kier molecular flexibility index (Phi) is 10.3. The highest BCUT2D eigenvalue weighted by atomic mass is 79.9.